The molecule has 4 heteroatoms. The zero-order valence-electron chi connectivity index (χ0n) is 11.2. The molecular formula is C15H18FN3. The maximum Gasteiger partial charge on any atom is 0.125 e. The van der Waals surface area contributed by atoms with Gasteiger partial charge < -0.3 is 5.32 Å². The highest BCUT2D eigenvalue weighted by atomic mass is 19.1. The van der Waals surface area contributed by atoms with E-state index in [1.165, 1.54) is 6.07 Å². The number of rotatable bonds is 5. The monoisotopic (exact) mass is 259 g/mol. The molecule has 2 rings (SSSR count). The van der Waals surface area contributed by atoms with Gasteiger partial charge in [0.05, 0.1) is 0 Å². The van der Waals surface area contributed by atoms with E-state index in [4.69, 9.17) is 0 Å². The van der Waals surface area contributed by atoms with Crippen LogP contribution in [0.5, 0.6) is 0 Å². The van der Waals surface area contributed by atoms with Gasteiger partial charge in [0.2, 0.25) is 0 Å². The van der Waals surface area contributed by atoms with Gasteiger partial charge in [-0.25, -0.2) is 9.37 Å². The fourth-order valence-corrected chi connectivity index (χ4v) is 1.98. The van der Waals surface area contributed by atoms with Gasteiger partial charge in [0.1, 0.15) is 11.6 Å². The Morgan fingerprint density at radius 1 is 1.16 bits per heavy atom. The molecule has 1 aromatic heterocycles. The molecule has 2 aromatic rings. The van der Waals surface area contributed by atoms with Crippen LogP contribution in [-0.4, -0.2) is 24.0 Å². The highest BCUT2D eigenvalue weighted by Crippen LogP contribution is 2.10. The normalized spacial score (nSPS) is 10.7. The smallest absolute Gasteiger partial charge is 0.125 e. The Hall–Kier alpha value is -1.94. The van der Waals surface area contributed by atoms with Crippen molar-refractivity contribution >= 4 is 5.82 Å². The molecule has 100 valence electrons. The van der Waals surface area contributed by atoms with Crippen LogP contribution in [0.15, 0.2) is 42.6 Å². The van der Waals surface area contributed by atoms with Crippen LogP contribution in [0.1, 0.15) is 11.1 Å². The van der Waals surface area contributed by atoms with E-state index < -0.39 is 0 Å². The Kier molecular flexibility index (Phi) is 4.47. The van der Waals surface area contributed by atoms with E-state index in [0.717, 1.165) is 23.5 Å². The number of nitrogens with one attached hydrogen (secondary N) is 1. The fourth-order valence-electron chi connectivity index (χ4n) is 1.98. The van der Waals surface area contributed by atoms with Gasteiger partial charge in [-0.1, -0.05) is 18.2 Å². The zero-order valence-corrected chi connectivity index (χ0v) is 11.2. The lowest BCUT2D eigenvalue weighted by Crippen LogP contribution is -2.17. The number of pyridine rings is 1. The van der Waals surface area contributed by atoms with Crippen LogP contribution < -0.4 is 5.32 Å². The van der Waals surface area contributed by atoms with Crippen molar-refractivity contribution in [3.05, 3.63) is 59.5 Å². The van der Waals surface area contributed by atoms with E-state index in [2.05, 4.69) is 15.2 Å². The van der Waals surface area contributed by atoms with Crippen LogP contribution in [0.3, 0.4) is 0 Å². The lowest BCUT2D eigenvalue weighted by atomic mass is 10.2. The minimum absolute atomic E-state index is 0.189. The molecule has 0 aliphatic carbocycles. The summed E-state index contributed by atoms with van der Waals surface area (Å²) in [7, 11) is 3.86. The SMILES string of the molecule is CNc1ccc(CN(C)Cc2cccc(F)c2)cn1. The average molecular weight is 259 g/mol. The molecule has 0 saturated carbocycles. The number of hydrogen-bond acceptors (Lipinski definition) is 3. The molecule has 0 aliphatic rings. The third kappa shape index (κ3) is 4.03. The predicted octanol–water partition coefficient (Wildman–Crippen LogP) is 2.89. The van der Waals surface area contributed by atoms with Crippen molar-refractivity contribution < 1.29 is 4.39 Å². The topological polar surface area (TPSA) is 28.2 Å². The average Bonchev–Trinajstić information content (AvgIpc) is 2.39. The van der Waals surface area contributed by atoms with Crippen LogP contribution in [-0.2, 0) is 13.1 Å². The molecule has 0 aliphatic heterocycles. The largest absolute Gasteiger partial charge is 0.373 e. The summed E-state index contributed by atoms with van der Waals surface area (Å²) in [6.07, 6.45) is 1.86. The number of aromatic nitrogens is 1. The fraction of sp³-hybridized carbons (Fsp3) is 0.267. The van der Waals surface area contributed by atoms with E-state index in [0.29, 0.717) is 6.54 Å². The van der Waals surface area contributed by atoms with Gasteiger partial charge in [-0.2, -0.15) is 0 Å². The second kappa shape index (κ2) is 6.29. The third-order valence-electron chi connectivity index (χ3n) is 2.87. The van der Waals surface area contributed by atoms with Crippen molar-refractivity contribution in [1.29, 1.82) is 0 Å². The number of nitrogens with zero attached hydrogens (tertiary/aromatic N) is 2. The van der Waals surface area contributed by atoms with Crippen LogP contribution in [0.2, 0.25) is 0 Å². The molecule has 1 aromatic carbocycles. The molecule has 0 fully saturated rings. The van der Waals surface area contributed by atoms with Gasteiger partial charge in [0.25, 0.3) is 0 Å². The van der Waals surface area contributed by atoms with Crippen LogP contribution in [0.4, 0.5) is 10.2 Å². The first-order valence-corrected chi connectivity index (χ1v) is 6.23. The Morgan fingerprint density at radius 3 is 2.58 bits per heavy atom. The van der Waals surface area contributed by atoms with Gasteiger partial charge in [-0.15, -0.1) is 0 Å². The Bertz CT molecular complexity index is 525. The van der Waals surface area contributed by atoms with Gasteiger partial charge in [-0.3, -0.25) is 4.90 Å². The van der Waals surface area contributed by atoms with Crippen molar-refractivity contribution in [2.45, 2.75) is 13.1 Å². The Labute approximate surface area is 113 Å². The summed E-state index contributed by atoms with van der Waals surface area (Å²) < 4.78 is 13.1. The molecule has 0 bridgehead atoms. The van der Waals surface area contributed by atoms with Crippen molar-refractivity contribution in [1.82, 2.24) is 9.88 Å². The molecule has 0 atom stereocenters. The maximum atomic E-state index is 13.1. The minimum Gasteiger partial charge on any atom is -0.373 e. The standard InChI is InChI=1S/C15H18FN3/c1-17-15-7-6-13(9-18-15)11-19(2)10-12-4-3-5-14(16)8-12/h3-9H,10-11H2,1-2H3,(H,17,18). The maximum absolute atomic E-state index is 13.1. The van der Waals surface area contributed by atoms with Crippen molar-refractivity contribution in [2.24, 2.45) is 0 Å². The summed E-state index contributed by atoms with van der Waals surface area (Å²) in [5.74, 6) is 0.669. The molecule has 1 N–H and O–H groups in total. The molecule has 1 heterocycles. The van der Waals surface area contributed by atoms with Crippen molar-refractivity contribution in [2.75, 3.05) is 19.4 Å². The van der Waals surface area contributed by atoms with E-state index in [9.17, 15) is 4.39 Å². The van der Waals surface area contributed by atoms with Crippen molar-refractivity contribution in [3.8, 4) is 0 Å². The first-order valence-electron chi connectivity index (χ1n) is 6.23. The molecule has 3 nitrogen and oxygen atoms in total. The van der Waals surface area contributed by atoms with Crippen LogP contribution in [0, 0.1) is 5.82 Å². The second-order valence-electron chi connectivity index (χ2n) is 4.60. The summed E-state index contributed by atoms with van der Waals surface area (Å²) in [6, 6.07) is 10.7. The first kappa shape index (κ1) is 13.5. The Morgan fingerprint density at radius 2 is 1.95 bits per heavy atom. The second-order valence-corrected chi connectivity index (χ2v) is 4.60. The summed E-state index contributed by atoms with van der Waals surface area (Å²) in [5.41, 5.74) is 2.11. The third-order valence-corrected chi connectivity index (χ3v) is 2.87. The highest BCUT2D eigenvalue weighted by Gasteiger charge is 2.03. The summed E-state index contributed by atoms with van der Waals surface area (Å²) in [6.45, 7) is 1.50. The molecule has 0 radical (unpaired) electrons. The summed E-state index contributed by atoms with van der Waals surface area (Å²) >= 11 is 0. The molecular weight excluding hydrogens is 241 g/mol. The van der Waals surface area contributed by atoms with E-state index in [-0.39, 0.29) is 5.82 Å². The molecule has 19 heavy (non-hydrogen) atoms. The minimum atomic E-state index is -0.189. The molecule has 0 spiro atoms. The summed E-state index contributed by atoms with van der Waals surface area (Å²) in [4.78, 5) is 6.40. The molecule has 0 amide bonds. The Balaban J connectivity index is 1.95. The van der Waals surface area contributed by atoms with Crippen molar-refractivity contribution in [3.63, 3.8) is 0 Å². The quantitative estimate of drug-likeness (QED) is 0.895. The molecule has 0 unspecified atom stereocenters. The van der Waals surface area contributed by atoms with Gasteiger partial charge in [0, 0.05) is 26.3 Å². The summed E-state index contributed by atoms with van der Waals surface area (Å²) in [5, 5.41) is 2.99. The number of anilines is 1. The molecule has 0 saturated heterocycles. The predicted molar refractivity (Wildman–Crippen MR) is 75.4 cm³/mol. The highest BCUT2D eigenvalue weighted by molar-refractivity contribution is 5.34. The van der Waals surface area contributed by atoms with Gasteiger partial charge in [-0.05, 0) is 36.4 Å². The first-order chi connectivity index (χ1) is 9.17. The van der Waals surface area contributed by atoms with Crippen LogP contribution in [0.25, 0.3) is 0 Å². The lowest BCUT2D eigenvalue weighted by Gasteiger charge is -2.16. The van der Waals surface area contributed by atoms with Crippen LogP contribution >= 0.6 is 0 Å². The van der Waals surface area contributed by atoms with E-state index in [1.807, 2.05) is 38.5 Å². The number of hydrogen-bond donors (Lipinski definition) is 1. The van der Waals surface area contributed by atoms with E-state index >= 15 is 0 Å². The zero-order chi connectivity index (χ0) is 13.7. The number of halogens is 1. The van der Waals surface area contributed by atoms with Gasteiger partial charge >= 0.3 is 0 Å². The van der Waals surface area contributed by atoms with E-state index in [1.54, 1.807) is 12.1 Å². The van der Waals surface area contributed by atoms with Gasteiger partial charge in [0.15, 0.2) is 0 Å². The lowest BCUT2D eigenvalue weighted by molar-refractivity contribution is 0.318. The number of benzene rings is 1.